The summed E-state index contributed by atoms with van der Waals surface area (Å²) in [7, 11) is -2.90. The van der Waals surface area contributed by atoms with Crippen LogP contribution in [0.3, 0.4) is 0 Å². The Balaban J connectivity index is 1.26. The minimum atomic E-state index is -4.41. The molecule has 2 aromatic carbocycles. The van der Waals surface area contributed by atoms with Crippen molar-refractivity contribution in [1.82, 2.24) is 14.9 Å². The van der Waals surface area contributed by atoms with E-state index in [1.165, 1.54) is 29.4 Å². The molecule has 2 unspecified atom stereocenters. The number of methoxy groups -OCH3 is 1. The maximum absolute atomic E-state index is 14.9. The van der Waals surface area contributed by atoms with E-state index in [2.05, 4.69) is 5.32 Å². The quantitative estimate of drug-likeness (QED) is 0.124. The smallest absolute Gasteiger partial charge is 0.226 e. The van der Waals surface area contributed by atoms with Gasteiger partial charge in [0, 0.05) is 60.0 Å². The van der Waals surface area contributed by atoms with Crippen LogP contribution in [-0.2, 0) is 25.1 Å². The molecule has 62 heavy (non-hydrogen) atoms. The number of benzene rings is 2. The minimum Gasteiger partial charge on any atom is -0.495 e. The van der Waals surface area contributed by atoms with Crippen molar-refractivity contribution in [2.24, 2.45) is 11.8 Å². The molecule has 11 nitrogen and oxygen atoms in total. The van der Waals surface area contributed by atoms with Crippen LogP contribution in [0.15, 0.2) is 41.8 Å². The Hall–Kier alpha value is -3.97. The van der Waals surface area contributed by atoms with E-state index in [1.807, 2.05) is 26.2 Å². The van der Waals surface area contributed by atoms with Gasteiger partial charge < -0.3 is 24.6 Å². The molecule has 1 saturated carbocycles. The largest absolute Gasteiger partial charge is 0.495 e. The number of amides is 1. The van der Waals surface area contributed by atoms with Gasteiger partial charge in [0.1, 0.15) is 45.7 Å². The Morgan fingerprint density at radius 3 is 2.50 bits per heavy atom. The summed E-state index contributed by atoms with van der Waals surface area (Å²) in [6.07, 6.45) is 4.77. The molecule has 2 aliphatic heterocycles. The number of aromatic nitrogens is 2. The molecule has 0 bridgehead atoms. The first-order chi connectivity index (χ1) is 29.6. The van der Waals surface area contributed by atoms with Gasteiger partial charge in [-0.15, -0.1) is 11.3 Å². The molecule has 3 fully saturated rings. The highest BCUT2D eigenvalue weighted by atomic mass is 35.5. The van der Waals surface area contributed by atoms with Crippen LogP contribution in [-0.4, -0.2) is 74.2 Å². The summed E-state index contributed by atoms with van der Waals surface area (Å²) >= 11 is 8.29. The number of pyridine rings is 1. The standard InChI is InChI=1S/C46H56ClF2N4O7PS/c1-5-12-30(54)19-28-13-9-7-6-8-10-14-29-22-46(29,61(57,58)25-33-34(48)15-11-16-35(33)49)23-39(55)38-20-31(24-53(38)44(28)56)60-41-21-36(37-26-62-45(52-37)50-27(2)3)51-43-32(41)17-18-40(59-4)42(43)47/h11,15-18,21,26-29,31,38H,5-10,12-14,19-20,22-25H2,1-4H3,(H,50,52)(H,57,58)/t28?,29-,31-,38+,46-/m1/s1. The number of rotatable bonds is 13. The van der Waals surface area contributed by atoms with Crippen molar-refractivity contribution in [3.8, 4) is 22.9 Å². The summed E-state index contributed by atoms with van der Waals surface area (Å²) in [5, 5.41) is 5.34. The van der Waals surface area contributed by atoms with E-state index in [0.29, 0.717) is 64.6 Å². The molecule has 334 valence electrons. The highest BCUT2D eigenvalue weighted by Gasteiger charge is 2.66. The van der Waals surface area contributed by atoms with E-state index in [9.17, 15) is 32.6 Å². The van der Waals surface area contributed by atoms with Crippen LogP contribution >= 0.6 is 30.3 Å². The molecule has 3 aliphatic rings. The van der Waals surface area contributed by atoms with Crippen LogP contribution in [0.25, 0.3) is 22.3 Å². The fourth-order valence-electron chi connectivity index (χ4n) is 9.41. The second kappa shape index (κ2) is 19.4. The number of halogens is 3. The first-order valence-electron chi connectivity index (χ1n) is 21.8. The summed E-state index contributed by atoms with van der Waals surface area (Å²) < 4.78 is 56.7. The lowest BCUT2D eigenvalue weighted by Crippen LogP contribution is -2.45. The van der Waals surface area contributed by atoms with Gasteiger partial charge in [-0.25, -0.2) is 18.7 Å². The highest BCUT2D eigenvalue weighted by molar-refractivity contribution is 7.59. The van der Waals surface area contributed by atoms with Gasteiger partial charge >= 0.3 is 0 Å². The predicted octanol–water partition coefficient (Wildman–Crippen LogP) is 10.8. The average molecular weight is 913 g/mol. The Morgan fingerprint density at radius 1 is 1.06 bits per heavy atom. The number of ketones is 2. The Labute approximate surface area is 370 Å². The minimum absolute atomic E-state index is 0.0168. The first kappa shape index (κ1) is 46.0. The fourth-order valence-corrected chi connectivity index (χ4v) is 13.2. The van der Waals surface area contributed by atoms with Crippen molar-refractivity contribution in [3.63, 3.8) is 0 Å². The third-order valence-corrected chi connectivity index (χ3v) is 16.7. The SMILES string of the molecule is CCCC(=O)CC1CCCCCCC[C@@H]2C[C@@]2(P(=O)(O)Cc2c(F)cccc2F)CC(=O)[C@@H]2C[C@@H](Oc3cc(-c4csc(NC(C)C)n4)nc4c(Cl)c(OC)ccc34)CN2C1=O. The second-order valence-electron chi connectivity index (χ2n) is 17.5. The van der Waals surface area contributed by atoms with Gasteiger partial charge in [0.25, 0.3) is 0 Å². The predicted molar refractivity (Wildman–Crippen MR) is 238 cm³/mol. The van der Waals surface area contributed by atoms with Crippen LogP contribution in [0.4, 0.5) is 13.9 Å². The number of carbonyl (C=O) groups is 3. The van der Waals surface area contributed by atoms with Crippen molar-refractivity contribution < 1.29 is 42.1 Å². The summed E-state index contributed by atoms with van der Waals surface area (Å²) in [6, 6.07) is 7.70. The molecular formula is C46H56ClF2N4O7PS. The monoisotopic (exact) mass is 912 g/mol. The number of hydrogen-bond acceptors (Lipinski definition) is 10. The van der Waals surface area contributed by atoms with Gasteiger partial charge in [-0.05, 0) is 69.7 Å². The van der Waals surface area contributed by atoms with Crippen molar-refractivity contribution in [1.29, 1.82) is 0 Å². The van der Waals surface area contributed by atoms with E-state index >= 15 is 0 Å². The lowest BCUT2D eigenvalue weighted by molar-refractivity contribution is -0.142. The number of hydrogen-bond donors (Lipinski definition) is 2. The molecule has 2 N–H and O–H groups in total. The molecular weight excluding hydrogens is 857 g/mol. The van der Waals surface area contributed by atoms with Crippen LogP contribution in [0.2, 0.25) is 5.02 Å². The molecule has 7 rings (SSSR count). The summed E-state index contributed by atoms with van der Waals surface area (Å²) in [5.74, 6) is -2.73. The van der Waals surface area contributed by atoms with Crippen molar-refractivity contribution in [2.45, 2.75) is 134 Å². The molecule has 4 heterocycles. The zero-order valence-electron chi connectivity index (χ0n) is 35.8. The van der Waals surface area contributed by atoms with E-state index in [4.69, 9.17) is 31.0 Å². The lowest BCUT2D eigenvalue weighted by Gasteiger charge is -2.30. The van der Waals surface area contributed by atoms with Gasteiger partial charge in [-0.2, -0.15) is 0 Å². The Morgan fingerprint density at radius 2 is 1.79 bits per heavy atom. The van der Waals surface area contributed by atoms with Gasteiger partial charge in [-0.1, -0.05) is 56.7 Å². The number of thiazole rings is 1. The molecule has 2 saturated heterocycles. The molecule has 0 radical (unpaired) electrons. The van der Waals surface area contributed by atoms with E-state index in [-0.39, 0.29) is 60.9 Å². The normalized spacial score (nSPS) is 24.5. The van der Waals surface area contributed by atoms with Crippen LogP contribution in [0.5, 0.6) is 11.5 Å². The molecule has 4 aromatic rings. The third-order valence-electron chi connectivity index (χ3n) is 12.7. The van der Waals surface area contributed by atoms with Crippen molar-refractivity contribution in [2.75, 3.05) is 19.0 Å². The van der Waals surface area contributed by atoms with Gasteiger partial charge in [0.15, 0.2) is 10.9 Å². The number of nitrogens with zero attached hydrogens (tertiary/aromatic N) is 3. The zero-order chi connectivity index (χ0) is 44.3. The molecule has 0 spiro atoms. The molecule has 2 aromatic heterocycles. The van der Waals surface area contributed by atoms with E-state index in [0.717, 1.165) is 44.2 Å². The van der Waals surface area contributed by atoms with Crippen molar-refractivity contribution in [3.05, 3.63) is 64.0 Å². The number of fused-ring (bicyclic) bond motifs is 3. The van der Waals surface area contributed by atoms with Crippen molar-refractivity contribution >= 4 is 63.8 Å². The maximum Gasteiger partial charge on any atom is 0.226 e. The van der Waals surface area contributed by atoms with Gasteiger partial charge in [-0.3, -0.25) is 18.9 Å². The molecule has 16 heteroatoms. The fraction of sp³-hybridized carbons (Fsp3) is 0.543. The van der Waals surface area contributed by atoms with Gasteiger partial charge in [0.05, 0.1) is 42.2 Å². The number of anilines is 1. The first-order valence-corrected chi connectivity index (χ1v) is 24.9. The third kappa shape index (κ3) is 9.88. The number of Topliss-reactive ketones (excluding diaryl/α,β-unsaturated/α-hetero) is 2. The highest BCUT2D eigenvalue weighted by Crippen LogP contribution is 2.75. The maximum atomic E-state index is 14.9. The number of ether oxygens (including phenoxy) is 2. The van der Waals surface area contributed by atoms with Crippen LogP contribution in [0, 0.1) is 23.5 Å². The Kier molecular flexibility index (Phi) is 14.4. The number of carbonyl (C=O) groups excluding carboxylic acids is 3. The Bertz CT molecular complexity index is 2340. The van der Waals surface area contributed by atoms with Crippen LogP contribution in [0.1, 0.15) is 110 Å². The lowest BCUT2D eigenvalue weighted by atomic mass is 9.92. The number of nitrogens with one attached hydrogen (secondary N) is 1. The van der Waals surface area contributed by atoms with Crippen LogP contribution < -0.4 is 14.8 Å². The molecule has 1 aliphatic carbocycles. The van der Waals surface area contributed by atoms with Gasteiger partial charge in [0.2, 0.25) is 13.3 Å². The summed E-state index contributed by atoms with van der Waals surface area (Å²) in [5.41, 5.74) is 1.00. The topological polar surface area (TPSA) is 148 Å². The molecule has 6 atom stereocenters. The summed E-state index contributed by atoms with van der Waals surface area (Å²) in [4.78, 5) is 65.8. The zero-order valence-corrected chi connectivity index (χ0v) is 38.2. The second-order valence-corrected chi connectivity index (χ2v) is 21.4. The van der Waals surface area contributed by atoms with E-state index in [1.54, 1.807) is 18.2 Å². The molecule has 1 amide bonds. The van der Waals surface area contributed by atoms with E-state index < -0.39 is 59.7 Å². The summed E-state index contributed by atoms with van der Waals surface area (Å²) in [6.45, 7) is 5.97. The average Bonchev–Trinajstić information content (AvgIpc) is 3.50.